The molecule has 0 amide bonds. The van der Waals surface area contributed by atoms with Crippen LogP contribution in [0.1, 0.15) is 78.0 Å². The van der Waals surface area contributed by atoms with Crippen molar-refractivity contribution in [1.29, 1.82) is 0 Å². The molecule has 0 radical (unpaired) electrons. The van der Waals surface area contributed by atoms with Crippen LogP contribution in [0.3, 0.4) is 0 Å². The van der Waals surface area contributed by atoms with Gasteiger partial charge < -0.3 is 4.40 Å². The van der Waals surface area contributed by atoms with Crippen molar-refractivity contribution in [3.63, 3.8) is 0 Å². The molecule has 39 heavy (non-hydrogen) atoms. The molecular formula is C37H38N2. The van der Waals surface area contributed by atoms with E-state index in [0.717, 1.165) is 11.9 Å². The molecule has 0 unspecified atom stereocenters. The average molecular weight is 511 g/mol. The van der Waals surface area contributed by atoms with E-state index >= 15 is 0 Å². The van der Waals surface area contributed by atoms with Gasteiger partial charge in [-0.05, 0) is 80.3 Å². The van der Waals surface area contributed by atoms with Gasteiger partial charge >= 0.3 is 0 Å². The van der Waals surface area contributed by atoms with Crippen LogP contribution in [0, 0.1) is 5.41 Å². The van der Waals surface area contributed by atoms with Gasteiger partial charge in [0.15, 0.2) is 0 Å². The maximum Gasteiger partial charge on any atom is 0.0823 e. The molecule has 2 nitrogen and oxygen atoms in total. The molecule has 3 heterocycles. The Bertz CT molecular complexity index is 2070. The normalized spacial score (nSPS) is 13.5. The number of rotatable bonds is 2. The van der Waals surface area contributed by atoms with Crippen molar-refractivity contribution in [1.82, 2.24) is 9.38 Å². The highest BCUT2D eigenvalue weighted by Gasteiger charge is 2.26. The SMILES string of the molecule is CC(C)c1cc2ccnc3c4cc5cc(C(C)(C)C)ccc5c(CC(C)(C)C)c4n4c5ccccc5c1c4c23. The Morgan fingerprint density at radius 2 is 1.51 bits per heavy atom. The fourth-order valence-electron chi connectivity index (χ4n) is 6.83. The van der Waals surface area contributed by atoms with E-state index in [1.54, 1.807) is 0 Å². The van der Waals surface area contributed by atoms with Crippen molar-refractivity contribution in [3.05, 3.63) is 83.6 Å². The van der Waals surface area contributed by atoms with Crippen LogP contribution in [-0.4, -0.2) is 9.38 Å². The molecule has 2 heteroatoms. The molecule has 0 spiro atoms. The van der Waals surface area contributed by atoms with Gasteiger partial charge in [0, 0.05) is 27.7 Å². The van der Waals surface area contributed by atoms with Crippen LogP contribution in [0.15, 0.2) is 66.9 Å². The number of para-hydroxylation sites is 1. The summed E-state index contributed by atoms with van der Waals surface area (Å²) in [6.07, 6.45) is 3.00. The number of hydrogen-bond donors (Lipinski definition) is 0. The Balaban J connectivity index is 1.83. The van der Waals surface area contributed by atoms with Crippen LogP contribution < -0.4 is 0 Å². The average Bonchev–Trinajstić information content (AvgIpc) is 3.21. The zero-order valence-electron chi connectivity index (χ0n) is 24.5. The van der Waals surface area contributed by atoms with Gasteiger partial charge in [-0.1, -0.05) is 91.8 Å². The molecule has 0 aliphatic heterocycles. The zero-order valence-corrected chi connectivity index (χ0v) is 24.5. The first-order chi connectivity index (χ1) is 18.4. The smallest absolute Gasteiger partial charge is 0.0823 e. The van der Waals surface area contributed by atoms with E-state index in [9.17, 15) is 0 Å². The van der Waals surface area contributed by atoms with E-state index in [1.165, 1.54) is 70.9 Å². The number of nitrogens with zero attached hydrogens (tertiary/aromatic N) is 2. The molecule has 7 rings (SSSR count). The van der Waals surface area contributed by atoms with Crippen molar-refractivity contribution in [3.8, 4) is 0 Å². The molecule has 0 bridgehead atoms. The Morgan fingerprint density at radius 1 is 0.744 bits per heavy atom. The third kappa shape index (κ3) is 3.50. The van der Waals surface area contributed by atoms with E-state index < -0.39 is 0 Å². The number of aromatic nitrogens is 2. The van der Waals surface area contributed by atoms with Gasteiger partial charge in [-0.3, -0.25) is 4.98 Å². The lowest BCUT2D eigenvalue weighted by atomic mass is 9.82. The minimum absolute atomic E-state index is 0.0924. The number of hydrogen-bond acceptors (Lipinski definition) is 1. The molecule has 0 saturated carbocycles. The van der Waals surface area contributed by atoms with Crippen LogP contribution >= 0.6 is 0 Å². The van der Waals surface area contributed by atoms with Gasteiger partial charge in [0.25, 0.3) is 0 Å². The second-order valence-corrected chi connectivity index (χ2v) is 14.1. The van der Waals surface area contributed by atoms with Gasteiger partial charge in [-0.2, -0.15) is 0 Å². The summed E-state index contributed by atoms with van der Waals surface area (Å²) in [4.78, 5) is 5.11. The van der Waals surface area contributed by atoms with E-state index in [1.807, 2.05) is 6.20 Å². The van der Waals surface area contributed by atoms with E-state index in [-0.39, 0.29) is 10.8 Å². The van der Waals surface area contributed by atoms with Gasteiger partial charge in [0.1, 0.15) is 0 Å². The fraction of sp³-hybridized carbons (Fsp3) is 0.324. The molecule has 7 aromatic rings. The number of fused-ring (bicyclic) bond motifs is 7. The molecule has 0 fully saturated rings. The third-order valence-electron chi connectivity index (χ3n) is 8.59. The predicted octanol–water partition coefficient (Wildman–Crippen LogP) is 10.5. The number of pyridine rings is 2. The summed E-state index contributed by atoms with van der Waals surface area (Å²) in [7, 11) is 0. The van der Waals surface area contributed by atoms with Crippen LogP contribution in [0.25, 0.3) is 59.8 Å². The van der Waals surface area contributed by atoms with Crippen molar-refractivity contribution in [2.45, 2.75) is 73.1 Å². The number of benzene rings is 4. The first-order valence-electron chi connectivity index (χ1n) is 14.4. The molecule has 0 atom stereocenters. The lowest BCUT2D eigenvalue weighted by molar-refractivity contribution is 0.413. The predicted molar refractivity (Wildman–Crippen MR) is 170 cm³/mol. The fourth-order valence-corrected chi connectivity index (χ4v) is 6.83. The zero-order chi connectivity index (χ0) is 27.4. The van der Waals surface area contributed by atoms with Crippen LogP contribution in [0.5, 0.6) is 0 Å². The third-order valence-corrected chi connectivity index (χ3v) is 8.59. The largest absolute Gasteiger partial charge is 0.308 e. The monoisotopic (exact) mass is 510 g/mol. The highest BCUT2D eigenvalue weighted by molar-refractivity contribution is 6.29. The van der Waals surface area contributed by atoms with Crippen molar-refractivity contribution in [2.75, 3.05) is 0 Å². The van der Waals surface area contributed by atoms with Crippen LogP contribution in [0.2, 0.25) is 0 Å². The van der Waals surface area contributed by atoms with Crippen LogP contribution in [-0.2, 0) is 11.8 Å². The quantitative estimate of drug-likeness (QED) is 0.167. The van der Waals surface area contributed by atoms with Gasteiger partial charge in [0.05, 0.1) is 22.1 Å². The highest BCUT2D eigenvalue weighted by Crippen LogP contribution is 2.46. The Labute approximate surface area is 231 Å². The van der Waals surface area contributed by atoms with Crippen LogP contribution in [0.4, 0.5) is 0 Å². The summed E-state index contributed by atoms with van der Waals surface area (Å²) in [6.45, 7) is 18.6. The van der Waals surface area contributed by atoms with Crippen molar-refractivity contribution >= 4 is 59.8 Å². The lowest BCUT2D eigenvalue weighted by Gasteiger charge is -2.25. The van der Waals surface area contributed by atoms with Crippen molar-refractivity contribution < 1.29 is 0 Å². The van der Waals surface area contributed by atoms with Gasteiger partial charge in [-0.15, -0.1) is 0 Å². The van der Waals surface area contributed by atoms with Gasteiger partial charge in [-0.25, -0.2) is 0 Å². The van der Waals surface area contributed by atoms with Crippen molar-refractivity contribution in [2.24, 2.45) is 5.41 Å². The summed E-state index contributed by atoms with van der Waals surface area (Å²) < 4.78 is 2.60. The second-order valence-electron chi connectivity index (χ2n) is 14.1. The lowest BCUT2D eigenvalue weighted by Crippen LogP contribution is -2.13. The standard InChI is InChI=1S/C37H38N2/c1-21(2)27-18-22-15-16-38-33-28-19-23-17-24(37(6,7)8)13-14-25(23)29(20-36(3,4)5)34(28)39-30-12-10-9-11-26(30)32(27)35(39)31(22)33/h9-19,21H,20H2,1-8H3. The molecule has 0 saturated heterocycles. The minimum atomic E-state index is 0.0924. The summed E-state index contributed by atoms with van der Waals surface area (Å²) in [5.74, 6) is 0.424. The maximum atomic E-state index is 5.11. The maximum absolute atomic E-state index is 5.11. The van der Waals surface area contributed by atoms with E-state index in [0.29, 0.717) is 5.92 Å². The second kappa shape index (κ2) is 7.94. The molecule has 3 aromatic heterocycles. The minimum Gasteiger partial charge on any atom is -0.308 e. The summed E-state index contributed by atoms with van der Waals surface area (Å²) >= 11 is 0. The Hall–Kier alpha value is -3.65. The summed E-state index contributed by atoms with van der Waals surface area (Å²) in [5, 5.41) is 9.22. The summed E-state index contributed by atoms with van der Waals surface area (Å²) in [5.41, 5.74) is 9.50. The molecular weight excluding hydrogens is 472 g/mol. The molecule has 0 aliphatic rings. The molecule has 196 valence electrons. The first kappa shape index (κ1) is 24.4. The Kier molecular flexibility index (Phi) is 4.97. The Morgan fingerprint density at radius 3 is 2.23 bits per heavy atom. The highest BCUT2D eigenvalue weighted by atomic mass is 14.9. The van der Waals surface area contributed by atoms with E-state index in [2.05, 4.69) is 120 Å². The van der Waals surface area contributed by atoms with E-state index in [4.69, 9.17) is 4.98 Å². The van der Waals surface area contributed by atoms with Gasteiger partial charge in [0.2, 0.25) is 0 Å². The molecule has 0 aliphatic carbocycles. The topological polar surface area (TPSA) is 17.3 Å². The molecule has 0 N–H and O–H groups in total. The summed E-state index contributed by atoms with van der Waals surface area (Å²) in [6, 6.07) is 23.2. The first-order valence-corrected chi connectivity index (χ1v) is 14.4. The molecule has 4 aromatic carbocycles.